The van der Waals surface area contributed by atoms with Gasteiger partial charge in [-0.3, -0.25) is 0 Å². The second-order valence-corrected chi connectivity index (χ2v) is 7.82. The van der Waals surface area contributed by atoms with Crippen LogP contribution in [-0.4, -0.2) is 21.3 Å². The van der Waals surface area contributed by atoms with Crippen molar-refractivity contribution in [2.24, 2.45) is 0 Å². The molecule has 0 N–H and O–H groups in total. The third-order valence-electron chi connectivity index (χ3n) is 4.83. The van der Waals surface area contributed by atoms with E-state index in [2.05, 4.69) is 19.7 Å². The van der Waals surface area contributed by atoms with E-state index in [1.165, 1.54) is 0 Å². The van der Waals surface area contributed by atoms with Gasteiger partial charge in [0.1, 0.15) is 34.5 Å². The van der Waals surface area contributed by atoms with Crippen LogP contribution >= 0.6 is 8.60 Å². The molecule has 0 aromatic heterocycles. The molecule has 0 bridgehead atoms. The number of rotatable bonds is 12. The van der Waals surface area contributed by atoms with Gasteiger partial charge < -0.3 is 27.8 Å². The highest BCUT2D eigenvalue weighted by Crippen LogP contribution is 2.46. The summed E-state index contributed by atoms with van der Waals surface area (Å²) in [6, 6.07) is 16.2. The molecule has 0 fully saturated rings. The smallest absolute Gasteiger partial charge is 0.497 e. The van der Waals surface area contributed by atoms with E-state index < -0.39 is 8.60 Å². The number of methoxy groups -OCH3 is 3. The van der Waals surface area contributed by atoms with Crippen LogP contribution in [0, 0.1) is 0 Å². The van der Waals surface area contributed by atoms with Gasteiger partial charge in [-0.2, -0.15) is 0 Å². The summed E-state index contributed by atoms with van der Waals surface area (Å²) >= 11 is 0. The first-order chi connectivity index (χ1) is 16.5. The Bertz CT molecular complexity index is 1030. The minimum atomic E-state index is -1.96. The third kappa shape index (κ3) is 5.91. The Morgan fingerprint density at radius 1 is 0.529 bits per heavy atom. The van der Waals surface area contributed by atoms with Crippen LogP contribution in [0.3, 0.4) is 0 Å². The molecule has 0 saturated heterocycles. The molecule has 176 valence electrons. The lowest BCUT2D eigenvalue weighted by molar-refractivity contribution is 0.382. The Morgan fingerprint density at radius 3 is 1.06 bits per heavy atom. The SMILES string of the molecule is C=Cc1cc(OC)ccc1OP(Oc1ccc(OC)cc1C=C)Oc1ccc(OC)cc1C=C. The number of hydrogen-bond donors (Lipinski definition) is 0. The van der Waals surface area contributed by atoms with E-state index in [-0.39, 0.29) is 0 Å². The molecule has 7 heteroatoms. The van der Waals surface area contributed by atoms with Crippen molar-refractivity contribution in [3.05, 3.63) is 91.0 Å². The van der Waals surface area contributed by atoms with Crippen LogP contribution in [0.15, 0.2) is 74.3 Å². The fourth-order valence-electron chi connectivity index (χ4n) is 2.99. The van der Waals surface area contributed by atoms with Crippen molar-refractivity contribution < 1.29 is 27.8 Å². The Morgan fingerprint density at radius 2 is 0.824 bits per heavy atom. The zero-order valence-electron chi connectivity index (χ0n) is 19.4. The zero-order chi connectivity index (χ0) is 24.5. The monoisotopic (exact) mass is 478 g/mol. The van der Waals surface area contributed by atoms with Crippen molar-refractivity contribution in [1.82, 2.24) is 0 Å². The molecule has 3 rings (SSSR count). The van der Waals surface area contributed by atoms with E-state index in [9.17, 15) is 0 Å². The molecule has 3 aromatic rings. The Labute approximate surface area is 201 Å². The molecule has 3 aromatic carbocycles. The van der Waals surface area contributed by atoms with Gasteiger partial charge in [-0.15, -0.1) is 0 Å². The highest BCUT2D eigenvalue weighted by atomic mass is 31.2. The lowest BCUT2D eigenvalue weighted by Crippen LogP contribution is -2.05. The van der Waals surface area contributed by atoms with Crippen LogP contribution in [0.1, 0.15) is 16.7 Å². The van der Waals surface area contributed by atoms with Crippen molar-refractivity contribution >= 4 is 26.8 Å². The van der Waals surface area contributed by atoms with Crippen LogP contribution in [0.5, 0.6) is 34.5 Å². The first-order valence-electron chi connectivity index (χ1n) is 10.3. The van der Waals surface area contributed by atoms with Gasteiger partial charge in [-0.05, 0) is 54.6 Å². The first-order valence-corrected chi connectivity index (χ1v) is 11.4. The van der Waals surface area contributed by atoms with Crippen molar-refractivity contribution in [2.45, 2.75) is 0 Å². The summed E-state index contributed by atoms with van der Waals surface area (Å²) < 4.78 is 34.6. The number of benzene rings is 3. The first kappa shape index (κ1) is 24.7. The summed E-state index contributed by atoms with van der Waals surface area (Å²) in [6.07, 6.45) is 5.03. The molecule has 0 radical (unpaired) electrons. The van der Waals surface area contributed by atoms with E-state index in [1.54, 1.807) is 76.0 Å². The summed E-state index contributed by atoms with van der Waals surface area (Å²) in [5, 5.41) is 0. The fraction of sp³-hybridized carbons (Fsp3) is 0.111. The summed E-state index contributed by atoms with van der Waals surface area (Å²) in [6.45, 7) is 11.6. The van der Waals surface area contributed by atoms with Gasteiger partial charge in [0, 0.05) is 16.7 Å². The van der Waals surface area contributed by atoms with Gasteiger partial charge >= 0.3 is 8.60 Å². The molecular weight excluding hydrogens is 451 g/mol. The molecule has 0 amide bonds. The number of hydrogen-bond acceptors (Lipinski definition) is 6. The molecule has 0 atom stereocenters. The van der Waals surface area contributed by atoms with Gasteiger partial charge in [0.25, 0.3) is 0 Å². The van der Waals surface area contributed by atoms with Crippen LogP contribution in [0.25, 0.3) is 18.2 Å². The molecule has 0 aliphatic heterocycles. The predicted molar refractivity (Wildman–Crippen MR) is 138 cm³/mol. The highest BCUT2D eigenvalue weighted by Gasteiger charge is 2.24. The molecular formula is C27H27O6P. The second-order valence-electron chi connectivity index (χ2n) is 6.82. The minimum Gasteiger partial charge on any atom is -0.497 e. The fourth-order valence-corrected chi connectivity index (χ4v) is 4.08. The Kier molecular flexibility index (Phi) is 8.60. The maximum absolute atomic E-state index is 6.22. The molecule has 0 aliphatic carbocycles. The van der Waals surface area contributed by atoms with Gasteiger partial charge in [0.2, 0.25) is 0 Å². The molecule has 6 nitrogen and oxygen atoms in total. The quantitative estimate of drug-likeness (QED) is 0.253. The van der Waals surface area contributed by atoms with Crippen molar-refractivity contribution in [3.8, 4) is 34.5 Å². The highest BCUT2D eigenvalue weighted by molar-refractivity contribution is 7.43. The normalized spacial score (nSPS) is 10.2. The van der Waals surface area contributed by atoms with E-state index >= 15 is 0 Å². The minimum absolute atomic E-state index is 0.532. The molecule has 34 heavy (non-hydrogen) atoms. The van der Waals surface area contributed by atoms with Crippen LogP contribution in [0.4, 0.5) is 0 Å². The van der Waals surface area contributed by atoms with Crippen LogP contribution < -0.4 is 27.8 Å². The predicted octanol–water partition coefficient (Wildman–Crippen LogP) is 7.41. The molecule has 0 spiro atoms. The van der Waals surface area contributed by atoms with E-state index in [0.29, 0.717) is 34.5 Å². The topological polar surface area (TPSA) is 55.4 Å². The van der Waals surface area contributed by atoms with Crippen molar-refractivity contribution in [2.75, 3.05) is 21.3 Å². The van der Waals surface area contributed by atoms with Crippen LogP contribution in [0.2, 0.25) is 0 Å². The average Bonchev–Trinajstić information content (AvgIpc) is 2.89. The van der Waals surface area contributed by atoms with Gasteiger partial charge in [0.15, 0.2) is 0 Å². The Hall–Kier alpha value is -3.89. The van der Waals surface area contributed by atoms with E-state index in [0.717, 1.165) is 16.7 Å². The van der Waals surface area contributed by atoms with E-state index in [1.807, 2.05) is 18.2 Å². The maximum atomic E-state index is 6.22. The standard InChI is InChI=1S/C27H27O6P/c1-7-19-16-22(28-4)10-13-25(19)31-34(32-26-14-11-23(29-5)17-20(26)8-2)33-27-15-12-24(30-6)18-21(27)9-3/h7-18H,1-3H2,4-6H3. The second kappa shape index (κ2) is 11.8. The summed E-state index contributed by atoms with van der Waals surface area (Å²) in [7, 11) is 2.84. The van der Waals surface area contributed by atoms with Gasteiger partial charge in [-0.1, -0.05) is 38.0 Å². The summed E-state index contributed by atoms with van der Waals surface area (Å²) in [5.74, 6) is 3.64. The van der Waals surface area contributed by atoms with E-state index in [4.69, 9.17) is 27.8 Å². The van der Waals surface area contributed by atoms with Crippen molar-refractivity contribution in [3.63, 3.8) is 0 Å². The third-order valence-corrected chi connectivity index (χ3v) is 5.87. The Balaban J connectivity index is 1.99. The van der Waals surface area contributed by atoms with Crippen LogP contribution in [-0.2, 0) is 0 Å². The van der Waals surface area contributed by atoms with Gasteiger partial charge in [-0.25, -0.2) is 0 Å². The number of ether oxygens (including phenoxy) is 3. The molecule has 0 saturated carbocycles. The molecule has 0 aliphatic rings. The largest absolute Gasteiger partial charge is 0.530 e. The maximum Gasteiger partial charge on any atom is 0.530 e. The molecule has 0 unspecified atom stereocenters. The zero-order valence-corrected chi connectivity index (χ0v) is 20.3. The lowest BCUT2D eigenvalue weighted by atomic mass is 10.2. The van der Waals surface area contributed by atoms with Crippen molar-refractivity contribution in [1.29, 1.82) is 0 Å². The summed E-state index contributed by atoms with van der Waals surface area (Å²) in [4.78, 5) is 0. The summed E-state index contributed by atoms with van der Waals surface area (Å²) in [5.41, 5.74) is 2.20. The van der Waals surface area contributed by atoms with Gasteiger partial charge in [0.05, 0.1) is 21.3 Å². The average molecular weight is 478 g/mol. The molecule has 0 heterocycles. The lowest BCUT2D eigenvalue weighted by Gasteiger charge is -2.21.